The van der Waals surface area contributed by atoms with Gasteiger partial charge >= 0.3 is 0 Å². The second kappa shape index (κ2) is 8.59. The predicted molar refractivity (Wildman–Crippen MR) is 126 cm³/mol. The number of anilines is 1. The Balaban J connectivity index is 1.32. The van der Waals surface area contributed by atoms with Crippen molar-refractivity contribution in [3.63, 3.8) is 0 Å². The molecule has 172 valence electrons. The van der Waals surface area contributed by atoms with E-state index in [4.69, 9.17) is 4.42 Å². The number of carbonyl (C=O) groups excluding carboxylic acids is 1. The zero-order chi connectivity index (χ0) is 23.0. The van der Waals surface area contributed by atoms with Gasteiger partial charge in [-0.15, -0.1) is 0 Å². The summed E-state index contributed by atoms with van der Waals surface area (Å²) in [4.78, 5) is 31.5. The third-order valence-corrected chi connectivity index (χ3v) is 6.64. The summed E-state index contributed by atoms with van der Waals surface area (Å²) in [5.74, 6) is 2.31. The van der Waals surface area contributed by atoms with E-state index in [-0.39, 0.29) is 5.91 Å². The Kier molecular flexibility index (Phi) is 5.62. The average molecular weight is 447 g/mol. The van der Waals surface area contributed by atoms with E-state index in [0.29, 0.717) is 19.0 Å². The summed E-state index contributed by atoms with van der Waals surface area (Å²) in [6.45, 7) is 9.39. The molecular weight excluding hydrogens is 416 g/mol. The highest BCUT2D eigenvalue weighted by Gasteiger charge is 2.46. The molecule has 2 aliphatic rings. The van der Waals surface area contributed by atoms with Crippen LogP contribution in [0.4, 0.5) is 5.95 Å². The van der Waals surface area contributed by atoms with Gasteiger partial charge in [0.05, 0.1) is 6.20 Å². The van der Waals surface area contributed by atoms with Crippen molar-refractivity contribution in [2.45, 2.75) is 45.7 Å². The molecule has 0 radical (unpaired) electrons. The zero-order valence-corrected chi connectivity index (χ0v) is 19.5. The first-order valence-electron chi connectivity index (χ1n) is 11.6. The van der Waals surface area contributed by atoms with Crippen LogP contribution in [0, 0.1) is 20.8 Å². The number of amides is 1. The number of aromatic nitrogens is 3. The van der Waals surface area contributed by atoms with E-state index in [1.807, 2.05) is 49.9 Å². The lowest BCUT2D eigenvalue weighted by atomic mass is 9.84. The highest BCUT2D eigenvalue weighted by atomic mass is 16.4. The Hall–Kier alpha value is -3.26. The van der Waals surface area contributed by atoms with Crippen molar-refractivity contribution in [3.8, 4) is 11.5 Å². The van der Waals surface area contributed by atoms with Gasteiger partial charge in [0.2, 0.25) is 17.7 Å². The summed E-state index contributed by atoms with van der Waals surface area (Å²) in [6, 6.07) is 10.0. The number of nitrogens with one attached hydrogen (secondary N) is 1. The Morgan fingerprint density at radius 3 is 2.48 bits per heavy atom. The fraction of sp³-hybridized carbons (Fsp3) is 0.440. The molecule has 2 fully saturated rings. The second-order valence-electron chi connectivity index (χ2n) is 9.11. The smallest absolute Gasteiger partial charge is 0.243 e. The molecule has 2 aromatic heterocycles. The molecule has 0 bridgehead atoms. The number of piperazine rings is 1. The van der Waals surface area contributed by atoms with E-state index in [1.165, 1.54) is 0 Å². The summed E-state index contributed by atoms with van der Waals surface area (Å²) >= 11 is 0. The van der Waals surface area contributed by atoms with Gasteiger partial charge < -0.3 is 19.5 Å². The molecular formula is C25H30N6O2. The maximum atomic E-state index is 13.7. The molecule has 1 spiro atoms. The van der Waals surface area contributed by atoms with Crippen LogP contribution < -0.4 is 10.2 Å². The zero-order valence-electron chi connectivity index (χ0n) is 19.5. The number of nitrogens with zero attached hydrogens (tertiary/aromatic N) is 5. The monoisotopic (exact) mass is 446 g/mol. The van der Waals surface area contributed by atoms with Crippen LogP contribution in [0.5, 0.6) is 0 Å². The Morgan fingerprint density at radius 2 is 1.79 bits per heavy atom. The van der Waals surface area contributed by atoms with Crippen molar-refractivity contribution in [1.82, 2.24) is 25.2 Å². The minimum Gasteiger partial charge on any atom is -0.441 e. The van der Waals surface area contributed by atoms with Crippen molar-refractivity contribution in [2.75, 3.05) is 31.1 Å². The summed E-state index contributed by atoms with van der Waals surface area (Å²) in [7, 11) is 0. The van der Waals surface area contributed by atoms with Gasteiger partial charge in [0.25, 0.3) is 0 Å². The van der Waals surface area contributed by atoms with Crippen LogP contribution in [0.15, 0.2) is 40.9 Å². The molecule has 0 aliphatic carbocycles. The van der Waals surface area contributed by atoms with E-state index < -0.39 is 5.54 Å². The van der Waals surface area contributed by atoms with Crippen LogP contribution in [0.25, 0.3) is 11.5 Å². The molecule has 1 amide bonds. The second-order valence-corrected chi connectivity index (χ2v) is 9.11. The number of benzene rings is 1. The van der Waals surface area contributed by atoms with Crippen LogP contribution >= 0.6 is 0 Å². The molecule has 0 atom stereocenters. The Bertz CT molecular complexity index is 1140. The Morgan fingerprint density at radius 1 is 1.06 bits per heavy atom. The summed E-state index contributed by atoms with van der Waals surface area (Å²) < 4.78 is 5.76. The van der Waals surface area contributed by atoms with Gasteiger partial charge in [-0.25, -0.2) is 15.0 Å². The molecule has 2 saturated heterocycles. The van der Waals surface area contributed by atoms with Gasteiger partial charge in [0.15, 0.2) is 0 Å². The molecule has 0 unspecified atom stereocenters. The normalized spacial score (nSPS) is 18.2. The maximum Gasteiger partial charge on any atom is 0.243 e. The van der Waals surface area contributed by atoms with Gasteiger partial charge in [0, 0.05) is 49.7 Å². The van der Waals surface area contributed by atoms with Crippen molar-refractivity contribution in [1.29, 1.82) is 0 Å². The van der Waals surface area contributed by atoms with Crippen molar-refractivity contribution in [2.24, 2.45) is 0 Å². The fourth-order valence-corrected chi connectivity index (χ4v) is 4.94. The summed E-state index contributed by atoms with van der Waals surface area (Å²) in [5.41, 5.74) is 3.40. The van der Waals surface area contributed by atoms with Crippen molar-refractivity contribution >= 4 is 11.9 Å². The van der Waals surface area contributed by atoms with E-state index in [9.17, 15) is 4.79 Å². The molecule has 4 heterocycles. The third-order valence-electron chi connectivity index (χ3n) is 6.64. The number of oxazole rings is 1. The average Bonchev–Trinajstić information content (AvgIpc) is 3.23. The standard InChI is InChI=1S/C25H30N6O2/c1-17-14-18(2)29-24(28-17)30-11-8-25(9-12-30)23(32)31(13-10-27-25)16-20-6-4-5-7-21(20)22-26-15-19(3)33-22/h4-7,14-15,27H,8-13,16H2,1-3H3. The molecule has 8 nitrogen and oxygen atoms in total. The number of aryl methyl sites for hydroxylation is 3. The van der Waals surface area contributed by atoms with Crippen LogP contribution in [0.2, 0.25) is 0 Å². The Labute approximate surface area is 194 Å². The van der Waals surface area contributed by atoms with E-state index >= 15 is 0 Å². The minimum atomic E-state index is -0.526. The van der Waals surface area contributed by atoms with Gasteiger partial charge in [-0.05, 0) is 51.3 Å². The lowest BCUT2D eigenvalue weighted by Gasteiger charge is -2.47. The first kappa shape index (κ1) is 21.6. The van der Waals surface area contributed by atoms with Crippen LogP contribution in [-0.4, -0.2) is 57.5 Å². The van der Waals surface area contributed by atoms with E-state index in [1.54, 1.807) is 6.20 Å². The maximum absolute atomic E-state index is 13.7. The lowest BCUT2D eigenvalue weighted by molar-refractivity contribution is -0.143. The number of piperidine rings is 1. The molecule has 1 aromatic carbocycles. The van der Waals surface area contributed by atoms with Gasteiger partial charge in [0.1, 0.15) is 11.3 Å². The quantitative estimate of drug-likeness (QED) is 0.659. The number of rotatable bonds is 4. The SMILES string of the molecule is Cc1cc(C)nc(N2CCC3(CC2)NCCN(Cc2ccccc2-c2ncc(C)o2)C3=O)n1. The summed E-state index contributed by atoms with van der Waals surface area (Å²) in [5, 5.41) is 3.55. The molecule has 0 saturated carbocycles. The highest BCUT2D eigenvalue weighted by Crippen LogP contribution is 2.31. The highest BCUT2D eigenvalue weighted by molar-refractivity contribution is 5.87. The topological polar surface area (TPSA) is 87.4 Å². The van der Waals surface area contributed by atoms with E-state index in [0.717, 1.165) is 66.7 Å². The van der Waals surface area contributed by atoms with Crippen LogP contribution in [-0.2, 0) is 11.3 Å². The number of carbonyl (C=O) groups is 1. The van der Waals surface area contributed by atoms with E-state index in [2.05, 4.69) is 31.2 Å². The molecule has 5 rings (SSSR count). The van der Waals surface area contributed by atoms with Crippen LogP contribution in [0.1, 0.15) is 35.6 Å². The molecule has 2 aliphatic heterocycles. The minimum absolute atomic E-state index is 0.174. The first-order chi connectivity index (χ1) is 15.9. The summed E-state index contributed by atoms with van der Waals surface area (Å²) in [6.07, 6.45) is 3.20. The van der Waals surface area contributed by atoms with Gasteiger partial charge in [-0.3, -0.25) is 4.79 Å². The van der Waals surface area contributed by atoms with Gasteiger partial charge in [-0.1, -0.05) is 18.2 Å². The lowest BCUT2D eigenvalue weighted by Crippen LogP contribution is -2.67. The van der Waals surface area contributed by atoms with Crippen molar-refractivity contribution in [3.05, 3.63) is 59.2 Å². The number of hydrogen-bond acceptors (Lipinski definition) is 7. The van der Waals surface area contributed by atoms with Crippen molar-refractivity contribution < 1.29 is 9.21 Å². The molecule has 8 heteroatoms. The first-order valence-corrected chi connectivity index (χ1v) is 11.6. The third kappa shape index (κ3) is 4.23. The number of hydrogen-bond donors (Lipinski definition) is 1. The fourth-order valence-electron chi connectivity index (χ4n) is 4.94. The molecule has 1 N–H and O–H groups in total. The molecule has 33 heavy (non-hydrogen) atoms. The predicted octanol–water partition coefficient (Wildman–Crippen LogP) is 3.03. The molecule has 3 aromatic rings. The van der Waals surface area contributed by atoms with Gasteiger partial charge in [-0.2, -0.15) is 0 Å². The largest absolute Gasteiger partial charge is 0.441 e. The van der Waals surface area contributed by atoms with Crippen LogP contribution in [0.3, 0.4) is 0 Å².